The van der Waals surface area contributed by atoms with Gasteiger partial charge < -0.3 is 5.32 Å². The number of sulfone groups is 1. The molecule has 0 radical (unpaired) electrons. The SMILES string of the molecule is O=C(NC1c2ccccc2CC1Cl)C1CCCCS1(=O)=O. The minimum atomic E-state index is -3.31. The van der Waals surface area contributed by atoms with Gasteiger partial charge in [-0.3, -0.25) is 4.79 Å². The summed E-state index contributed by atoms with van der Waals surface area (Å²) in [5.74, 6) is -0.293. The predicted octanol–water partition coefficient (Wildman–Crippen LogP) is 1.97. The van der Waals surface area contributed by atoms with Gasteiger partial charge in [0.2, 0.25) is 5.91 Å². The average molecular weight is 328 g/mol. The van der Waals surface area contributed by atoms with Crippen molar-refractivity contribution in [3.8, 4) is 0 Å². The molecular formula is C15H18ClNO3S. The number of hydrogen-bond acceptors (Lipinski definition) is 3. The van der Waals surface area contributed by atoms with E-state index in [4.69, 9.17) is 11.6 Å². The van der Waals surface area contributed by atoms with Gasteiger partial charge in [-0.25, -0.2) is 8.42 Å². The number of hydrogen-bond donors (Lipinski definition) is 1. The first-order valence-electron chi connectivity index (χ1n) is 7.23. The minimum Gasteiger partial charge on any atom is -0.347 e. The summed E-state index contributed by atoms with van der Waals surface area (Å²) in [5.41, 5.74) is 2.12. The molecule has 1 heterocycles. The lowest BCUT2D eigenvalue weighted by Gasteiger charge is -2.25. The van der Waals surface area contributed by atoms with E-state index in [-0.39, 0.29) is 17.2 Å². The molecule has 1 aliphatic heterocycles. The predicted molar refractivity (Wildman–Crippen MR) is 82.1 cm³/mol. The number of carbonyl (C=O) groups excluding carboxylic acids is 1. The summed E-state index contributed by atoms with van der Waals surface area (Å²) >= 11 is 6.33. The molecule has 0 aromatic heterocycles. The summed E-state index contributed by atoms with van der Waals surface area (Å²) in [5, 5.41) is 1.72. The first-order chi connectivity index (χ1) is 9.99. The van der Waals surface area contributed by atoms with Crippen molar-refractivity contribution in [1.82, 2.24) is 5.32 Å². The van der Waals surface area contributed by atoms with Gasteiger partial charge in [0.05, 0.1) is 17.2 Å². The van der Waals surface area contributed by atoms with Crippen molar-refractivity contribution >= 4 is 27.3 Å². The fraction of sp³-hybridized carbons (Fsp3) is 0.533. The van der Waals surface area contributed by atoms with Gasteiger partial charge in [-0.05, 0) is 30.4 Å². The highest BCUT2D eigenvalue weighted by atomic mass is 35.5. The molecule has 114 valence electrons. The van der Waals surface area contributed by atoms with Gasteiger partial charge in [0, 0.05) is 0 Å². The van der Waals surface area contributed by atoms with E-state index in [0.29, 0.717) is 19.3 Å². The highest BCUT2D eigenvalue weighted by Gasteiger charge is 2.38. The third-order valence-electron chi connectivity index (χ3n) is 4.34. The molecule has 0 bridgehead atoms. The molecule has 1 aliphatic carbocycles. The lowest BCUT2D eigenvalue weighted by Crippen LogP contribution is -2.45. The third-order valence-corrected chi connectivity index (χ3v) is 6.92. The number of alkyl halides is 1. The Morgan fingerprint density at radius 1 is 1.24 bits per heavy atom. The fourth-order valence-electron chi connectivity index (χ4n) is 3.21. The van der Waals surface area contributed by atoms with Crippen LogP contribution in [0.25, 0.3) is 0 Å². The summed E-state index contributed by atoms with van der Waals surface area (Å²) in [6.07, 6.45) is 2.54. The van der Waals surface area contributed by atoms with E-state index in [1.165, 1.54) is 0 Å². The molecule has 3 atom stereocenters. The molecule has 1 amide bonds. The van der Waals surface area contributed by atoms with Crippen molar-refractivity contribution in [2.24, 2.45) is 0 Å². The van der Waals surface area contributed by atoms with E-state index < -0.39 is 21.0 Å². The normalized spacial score (nSPS) is 30.6. The maximum absolute atomic E-state index is 12.4. The second-order valence-electron chi connectivity index (χ2n) is 5.76. The first kappa shape index (κ1) is 14.9. The van der Waals surface area contributed by atoms with E-state index >= 15 is 0 Å². The lowest BCUT2D eigenvalue weighted by atomic mass is 10.1. The third kappa shape index (κ3) is 2.81. The zero-order valence-electron chi connectivity index (χ0n) is 11.6. The molecule has 3 rings (SSSR count). The van der Waals surface area contributed by atoms with Gasteiger partial charge >= 0.3 is 0 Å². The summed E-state index contributed by atoms with van der Waals surface area (Å²) in [4.78, 5) is 12.4. The van der Waals surface area contributed by atoms with Gasteiger partial charge in [-0.1, -0.05) is 30.7 Å². The molecule has 0 saturated carbocycles. The molecule has 1 fully saturated rings. The van der Waals surface area contributed by atoms with Crippen molar-refractivity contribution in [2.75, 3.05) is 5.75 Å². The monoisotopic (exact) mass is 327 g/mol. The van der Waals surface area contributed by atoms with Gasteiger partial charge in [-0.2, -0.15) is 0 Å². The fourth-order valence-corrected chi connectivity index (χ4v) is 5.39. The Morgan fingerprint density at radius 3 is 2.76 bits per heavy atom. The maximum atomic E-state index is 12.4. The van der Waals surface area contributed by atoms with Crippen molar-refractivity contribution in [1.29, 1.82) is 0 Å². The van der Waals surface area contributed by atoms with E-state index in [2.05, 4.69) is 5.32 Å². The topological polar surface area (TPSA) is 63.2 Å². The number of fused-ring (bicyclic) bond motifs is 1. The summed E-state index contributed by atoms with van der Waals surface area (Å²) in [6, 6.07) is 7.49. The van der Waals surface area contributed by atoms with Crippen LogP contribution in [0.1, 0.15) is 36.4 Å². The molecular weight excluding hydrogens is 310 g/mol. The Kier molecular flexibility index (Phi) is 3.97. The summed E-state index contributed by atoms with van der Waals surface area (Å²) < 4.78 is 24.1. The van der Waals surface area contributed by atoms with Crippen LogP contribution < -0.4 is 5.32 Å². The Bertz CT molecular complexity index is 659. The molecule has 1 aromatic carbocycles. The van der Waals surface area contributed by atoms with Crippen LogP contribution in [-0.4, -0.2) is 30.7 Å². The second kappa shape index (κ2) is 5.61. The molecule has 1 aromatic rings. The zero-order chi connectivity index (χ0) is 15.0. The molecule has 1 saturated heterocycles. The van der Waals surface area contributed by atoms with Crippen LogP contribution in [0.3, 0.4) is 0 Å². The number of halogens is 1. The van der Waals surface area contributed by atoms with Crippen molar-refractivity contribution in [3.63, 3.8) is 0 Å². The van der Waals surface area contributed by atoms with Crippen molar-refractivity contribution < 1.29 is 13.2 Å². The van der Waals surface area contributed by atoms with Gasteiger partial charge in [0.25, 0.3) is 0 Å². The van der Waals surface area contributed by atoms with Gasteiger partial charge in [0.1, 0.15) is 5.25 Å². The molecule has 1 N–H and O–H groups in total. The molecule has 3 unspecified atom stereocenters. The van der Waals surface area contributed by atoms with Crippen LogP contribution in [0.15, 0.2) is 24.3 Å². The maximum Gasteiger partial charge on any atom is 0.238 e. The van der Waals surface area contributed by atoms with Crippen molar-refractivity contribution in [3.05, 3.63) is 35.4 Å². The van der Waals surface area contributed by atoms with Crippen LogP contribution in [-0.2, 0) is 21.1 Å². The van der Waals surface area contributed by atoms with Crippen LogP contribution in [0.2, 0.25) is 0 Å². The number of benzene rings is 1. The quantitative estimate of drug-likeness (QED) is 0.845. The zero-order valence-corrected chi connectivity index (χ0v) is 13.2. The molecule has 2 aliphatic rings. The number of rotatable bonds is 2. The lowest BCUT2D eigenvalue weighted by molar-refractivity contribution is -0.121. The molecule has 4 nitrogen and oxygen atoms in total. The van der Waals surface area contributed by atoms with E-state index in [9.17, 15) is 13.2 Å². The van der Waals surface area contributed by atoms with Crippen LogP contribution in [0, 0.1) is 0 Å². The smallest absolute Gasteiger partial charge is 0.238 e. The Labute approximate surface area is 129 Å². The molecule has 0 spiro atoms. The van der Waals surface area contributed by atoms with E-state index in [0.717, 1.165) is 17.5 Å². The van der Waals surface area contributed by atoms with E-state index in [1.54, 1.807) is 0 Å². The highest BCUT2D eigenvalue weighted by Crippen LogP contribution is 2.35. The first-order valence-corrected chi connectivity index (χ1v) is 9.38. The van der Waals surface area contributed by atoms with Gasteiger partial charge in [0.15, 0.2) is 9.84 Å². The van der Waals surface area contributed by atoms with Crippen LogP contribution in [0.4, 0.5) is 0 Å². The average Bonchev–Trinajstić information content (AvgIpc) is 2.74. The Hall–Kier alpha value is -1.07. The molecule has 21 heavy (non-hydrogen) atoms. The largest absolute Gasteiger partial charge is 0.347 e. The van der Waals surface area contributed by atoms with Crippen molar-refractivity contribution in [2.45, 2.75) is 42.4 Å². The number of amides is 1. The van der Waals surface area contributed by atoms with Crippen LogP contribution in [0.5, 0.6) is 0 Å². The second-order valence-corrected chi connectivity index (χ2v) is 8.62. The summed E-state index contributed by atoms with van der Waals surface area (Å²) in [7, 11) is -3.31. The standard InChI is InChI=1S/C15H18ClNO3S/c16-12-9-10-5-1-2-6-11(10)14(12)17-15(18)13-7-3-4-8-21(13,19)20/h1-2,5-6,12-14H,3-4,7-9H2,(H,17,18). The van der Waals surface area contributed by atoms with Crippen LogP contribution >= 0.6 is 11.6 Å². The Balaban J connectivity index is 1.79. The number of nitrogens with one attached hydrogen (secondary N) is 1. The molecule has 6 heteroatoms. The Morgan fingerprint density at radius 2 is 2.00 bits per heavy atom. The summed E-state index contributed by atoms with van der Waals surface area (Å²) in [6.45, 7) is 0. The minimum absolute atomic E-state index is 0.108. The van der Waals surface area contributed by atoms with Gasteiger partial charge in [-0.15, -0.1) is 11.6 Å². The number of carbonyl (C=O) groups is 1. The highest BCUT2D eigenvalue weighted by molar-refractivity contribution is 7.92. The van der Waals surface area contributed by atoms with E-state index in [1.807, 2.05) is 24.3 Å².